The van der Waals surface area contributed by atoms with E-state index in [1.165, 1.54) is 18.5 Å². The van der Waals surface area contributed by atoms with Crippen molar-refractivity contribution in [3.8, 4) is 0 Å². The Morgan fingerprint density at radius 2 is 1.44 bits per heavy atom. The van der Waals surface area contributed by atoms with Gasteiger partial charge < -0.3 is 30.1 Å². The Bertz CT molecular complexity index is 2320. The molecule has 2 aliphatic carbocycles. The van der Waals surface area contributed by atoms with Crippen LogP contribution in [0.15, 0.2) is 36.7 Å². The highest BCUT2D eigenvalue weighted by Gasteiger charge is 2.37. The zero-order valence-electron chi connectivity index (χ0n) is 42.3. The first-order chi connectivity index (χ1) is 34.5. The Kier molecular flexibility index (Phi) is 16.5. The number of anilines is 4. The molecule has 18 nitrogen and oxygen atoms in total. The lowest BCUT2D eigenvalue weighted by atomic mass is 9.80. The minimum absolute atomic E-state index is 0.0178. The van der Waals surface area contributed by atoms with E-state index in [1.54, 1.807) is 24.7 Å². The lowest BCUT2D eigenvalue weighted by molar-refractivity contribution is -0.143. The second-order valence-corrected chi connectivity index (χ2v) is 21.0. The van der Waals surface area contributed by atoms with Crippen LogP contribution in [0.2, 0.25) is 0 Å². The van der Waals surface area contributed by atoms with Crippen molar-refractivity contribution in [2.24, 2.45) is 24.8 Å². The van der Waals surface area contributed by atoms with Crippen LogP contribution in [-0.2, 0) is 31.0 Å². The van der Waals surface area contributed by atoms with Gasteiger partial charge in [-0.3, -0.25) is 39.0 Å². The monoisotopic (exact) mass is 977 g/mol. The van der Waals surface area contributed by atoms with Gasteiger partial charge in [0, 0.05) is 115 Å². The largest absolute Gasteiger partial charge is 0.462 e. The van der Waals surface area contributed by atoms with Gasteiger partial charge in [-0.1, -0.05) is 12.1 Å². The molecule has 1 unspecified atom stereocenters. The Labute approximate surface area is 419 Å². The van der Waals surface area contributed by atoms with Crippen LogP contribution in [0, 0.1) is 24.7 Å². The SMILES string of the molecule is CCOC(=O)c1c(C)nc(Nc2cnn(C)c2)nc1NC1CCC(N2CCN(C(=O)C3CCC(C(=O)N4CCC(CCCN5CCN(c6ccc(C7CCC(=O)NC7=O)cc6)CC5)CC4)CC3)CC2)CC1. The van der Waals surface area contributed by atoms with Crippen molar-refractivity contribution in [2.75, 3.05) is 94.1 Å². The Morgan fingerprint density at radius 3 is 2.06 bits per heavy atom. The molecule has 384 valence electrons. The summed E-state index contributed by atoms with van der Waals surface area (Å²) >= 11 is 0. The van der Waals surface area contributed by atoms with Gasteiger partial charge in [-0.05, 0) is 127 Å². The third-order valence-electron chi connectivity index (χ3n) is 16.4. The molecule has 6 aliphatic rings. The maximum Gasteiger partial charge on any atom is 0.343 e. The smallest absolute Gasteiger partial charge is 0.343 e. The average Bonchev–Trinajstić information content (AvgIpc) is 3.80. The summed E-state index contributed by atoms with van der Waals surface area (Å²) in [6, 6.07) is 8.93. The first-order valence-corrected chi connectivity index (χ1v) is 26.8. The van der Waals surface area contributed by atoms with E-state index in [4.69, 9.17) is 9.72 Å². The summed E-state index contributed by atoms with van der Waals surface area (Å²) in [6.07, 6.45) is 16.2. The van der Waals surface area contributed by atoms with Gasteiger partial charge in [0.05, 0.1) is 30.1 Å². The maximum absolute atomic E-state index is 13.8. The number of hydrogen-bond acceptors (Lipinski definition) is 14. The van der Waals surface area contributed by atoms with E-state index < -0.39 is 5.97 Å². The first-order valence-electron chi connectivity index (χ1n) is 26.8. The summed E-state index contributed by atoms with van der Waals surface area (Å²) in [4.78, 5) is 85.5. The van der Waals surface area contributed by atoms with Gasteiger partial charge in [-0.15, -0.1) is 0 Å². The number of nitrogens with one attached hydrogen (secondary N) is 3. The van der Waals surface area contributed by atoms with Crippen molar-refractivity contribution < 1.29 is 28.7 Å². The number of esters is 1. The lowest BCUT2D eigenvalue weighted by Gasteiger charge is -2.43. The molecule has 4 amide bonds. The topological polar surface area (TPSA) is 190 Å². The molecular formula is C53H76N12O6. The van der Waals surface area contributed by atoms with Crippen LogP contribution in [0.25, 0.3) is 0 Å². The number of amides is 4. The molecule has 2 saturated carbocycles. The maximum atomic E-state index is 13.8. The molecule has 9 rings (SSSR count). The number of carbonyl (C=O) groups is 5. The molecular weight excluding hydrogens is 901 g/mol. The number of carbonyl (C=O) groups excluding carboxylic acids is 5. The highest BCUT2D eigenvalue weighted by Crippen LogP contribution is 2.35. The summed E-state index contributed by atoms with van der Waals surface area (Å²) in [7, 11) is 1.84. The fraction of sp³-hybridized carbons (Fsp3) is 0.660. The summed E-state index contributed by atoms with van der Waals surface area (Å²) < 4.78 is 7.09. The Balaban J connectivity index is 0.638. The number of piperazine rings is 2. The van der Waals surface area contributed by atoms with Crippen LogP contribution in [0.1, 0.15) is 124 Å². The van der Waals surface area contributed by atoms with Crippen LogP contribution in [0.4, 0.5) is 23.1 Å². The van der Waals surface area contributed by atoms with Gasteiger partial charge in [0.2, 0.25) is 29.6 Å². The molecule has 4 saturated heterocycles. The minimum atomic E-state index is -0.433. The number of benzene rings is 1. The number of hydrogen-bond donors (Lipinski definition) is 3. The molecule has 4 aliphatic heterocycles. The predicted molar refractivity (Wildman–Crippen MR) is 271 cm³/mol. The van der Waals surface area contributed by atoms with E-state index in [1.807, 2.05) is 25.4 Å². The van der Waals surface area contributed by atoms with Gasteiger partial charge in [0.1, 0.15) is 11.4 Å². The van der Waals surface area contributed by atoms with Crippen molar-refractivity contribution in [3.05, 3.63) is 53.5 Å². The van der Waals surface area contributed by atoms with Crippen LogP contribution >= 0.6 is 0 Å². The lowest BCUT2D eigenvalue weighted by Crippen LogP contribution is -2.54. The molecule has 0 radical (unpaired) electrons. The second kappa shape index (κ2) is 23.3. The number of piperidine rings is 2. The molecule has 3 N–H and O–H groups in total. The van der Waals surface area contributed by atoms with Crippen LogP contribution in [0.5, 0.6) is 0 Å². The van der Waals surface area contributed by atoms with Crippen molar-refractivity contribution in [2.45, 2.75) is 122 Å². The van der Waals surface area contributed by atoms with E-state index >= 15 is 0 Å². The van der Waals surface area contributed by atoms with E-state index in [9.17, 15) is 24.0 Å². The molecule has 1 aromatic carbocycles. The number of aromatic nitrogens is 4. The van der Waals surface area contributed by atoms with Gasteiger partial charge in [-0.25, -0.2) is 9.78 Å². The van der Waals surface area contributed by atoms with Gasteiger partial charge in [0.15, 0.2) is 0 Å². The van der Waals surface area contributed by atoms with Crippen LogP contribution in [-0.4, -0.2) is 160 Å². The van der Waals surface area contributed by atoms with Gasteiger partial charge in [0.25, 0.3) is 0 Å². The fourth-order valence-electron chi connectivity index (χ4n) is 12.2. The van der Waals surface area contributed by atoms with Crippen LogP contribution < -0.4 is 20.9 Å². The molecule has 1 atom stereocenters. The average molecular weight is 977 g/mol. The summed E-state index contributed by atoms with van der Waals surface area (Å²) in [5.41, 5.74) is 3.83. The molecule has 18 heteroatoms. The molecule has 3 aromatic rings. The summed E-state index contributed by atoms with van der Waals surface area (Å²) in [5.74, 6) is 1.15. The zero-order chi connectivity index (χ0) is 49.4. The number of nitrogens with zero attached hydrogens (tertiary/aromatic N) is 9. The second-order valence-electron chi connectivity index (χ2n) is 21.0. The molecule has 6 heterocycles. The highest BCUT2D eigenvalue weighted by molar-refractivity contribution is 6.01. The van der Waals surface area contributed by atoms with Crippen molar-refractivity contribution in [3.63, 3.8) is 0 Å². The summed E-state index contributed by atoms with van der Waals surface area (Å²) in [6.45, 7) is 14.0. The van der Waals surface area contributed by atoms with Gasteiger partial charge >= 0.3 is 5.97 Å². The van der Waals surface area contributed by atoms with Crippen molar-refractivity contribution >= 4 is 52.7 Å². The Morgan fingerprint density at radius 1 is 0.775 bits per heavy atom. The van der Waals surface area contributed by atoms with Gasteiger partial charge in [-0.2, -0.15) is 10.1 Å². The van der Waals surface area contributed by atoms with E-state index in [0.717, 1.165) is 147 Å². The van der Waals surface area contributed by atoms with E-state index in [2.05, 4.69) is 62.7 Å². The normalized spacial score (nSPS) is 25.2. The zero-order valence-corrected chi connectivity index (χ0v) is 42.3. The quantitative estimate of drug-likeness (QED) is 0.128. The number of rotatable bonds is 15. The minimum Gasteiger partial charge on any atom is -0.462 e. The molecule has 0 bridgehead atoms. The fourth-order valence-corrected chi connectivity index (χ4v) is 12.2. The van der Waals surface area contributed by atoms with Crippen molar-refractivity contribution in [1.82, 2.24) is 44.7 Å². The number of ether oxygens (including phenoxy) is 1. The highest BCUT2D eigenvalue weighted by atomic mass is 16.5. The summed E-state index contributed by atoms with van der Waals surface area (Å²) in [5, 5.41) is 13.5. The number of imide groups is 1. The Hall–Kier alpha value is -5.62. The van der Waals surface area contributed by atoms with E-state index in [0.29, 0.717) is 53.7 Å². The molecule has 71 heavy (non-hydrogen) atoms. The van der Waals surface area contributed by atoms with Crippen LogP contribution in [0.3, 0.4) is 0 Å². The molecule has 6 fully saturated rings. The predicted octanol–water partition coefficient (Wildman–Crippen LogP) is 5.47. The third kappa shape index (κ3) is 12.5. The third-order valence-corrected chi connectivity index (χ3v) is 16.4. The molecule has 0 spiro atoms. The van der Waals surface area contributed by atoms with E-state index in [-0.39, 0.29) is 48.1 Å². The first kappa shape index (κ1) is 50.3. The standard InChI is InChI=1S/C53H76N12O6/c1-4-71-52(70)47-36(2)55-53(57-42-34-54-60(3)35-42)59-48(47)56-41-13-17-44(18-14-41)63-30-32-65(33-31-63)51(69)40-9-7-39(8-10-40)50(68)64-24-21-37(22-25-64)6-5-23-61-26-28-62(29-27-61)43-15-11-38(12-16-43)45-19-20-46(66)58-49(45)67/h11-12,15-16,34-35,37,39-41,44-45H,4-10,13-14,17-33H2,1-3H3,(H,58,66,67)(H2,55,56,57,59). The number of aryl methyl sites for hydroxylation is 2. The number of likely N-dealkylation sites (tertiary alicyclic amines) is 1. The van der Waals surface area contributed by atoms with Crippen molar-refractivity contribution in [1.29, 1.82) is 0 Å². The molecule has 2 aromatic heterocycles.